The lowest BCUT2D eigenvalue weighted by molar-refractivity contribution is 0.293. The first kappa shape index (κ1) is 24.2. The van der Waals surface area contributed by atoms with Crippen molar-refractivity contribution in [2.45, 2.75) is 6.61 Å². The summed E-state index contributed by atoms with van der Waals surface area (Å²) in [5.74, 6) is 1.31. The third-order valence-corrected chi connectivity index (χ3v) is 6.84. The average molecular weight is 521 g/mol. The highest BCUT2D eigenvalue weighted by molar-refractivity contribution is 7.25. The monoisotopic (exact) mass is 520 g/mol. The van der Waals surface area contributed by atoms with Crippen molar-refractivity contribution >= 4 is 60.4 Å². The van der Waals surface area contributed by atoms with Crippen LogP contribution in [-0.2, 0) is 6.61 Å². The Morgan fingerprint density at radius 1 is 0.944 bits per heavy atom. The minimum absolute atomic E-state index is 0.140. The lowest BCUT2D eigenvalue weighted by Crippen LogP contribution is -2.24. The molecule has 184 valence electrons. The molecule has 0 aliphatic heterocycles. The number of nitrogens with one attached hydrogen (secondary N) is 3. The van der Waals surface area contributed by atoms with E-state index in [1.807, 2.05) is 36.4 Å². The van der Waals surface area contributed by atoms with Crippen molar-refractivity contribution in [2.24, 2.45) is 0 Å². The predicted octanol–water partition coefficient (Wildman–Crippen LogP) is 5.21. The molecule has 3 aromatic heterocycles. The van der Waals surface area contributed by atoms with Gasteiger partial charge in [0.05, 0.1) is 22.7 Å². The molecular weight excluding hydrogens is 496 g/mol. The molecule has 0 radical (unpaired) electrons. The van der Waals surface area contributed by atoms with Crippen molar-refractivity contribution in [3.05, 3.63) is 77.8 Å². The molecule has 36 heavy (non-hydrogen) atoms. The quantitative estimate of drug-likeness (QED) is 0.176. The van der Waals surface area contributed by atoms with Gasteiger partial charge in [-0.3, -0.25) is 4.98 Å². The van der Waals surface area contributed by atoms with Crippen molar-refractivity contribution in [3.8, 4) is 5.75 Å². The Labute approximate surface area is 217 Å². The number of hydrogen-bond acceptors (Lipinski definition) is 9. The second kappa shape index (κ2) is 11.5. The molecule has 5 aromatic rings. The van der Waals surface area contributed by atoms with E-state index in [4.69, 9.17) is 21.4 Å². The summed E-state index contributed by atoms with van der Waals surface area (Å²) >= 11 is 8.13. The van der Waals surface area contributed by atoms with Gasteiger partial charge in [0.2, 0.25) is 0 Å². The first-order chi connectivity index (χ1) is 17.7. The number of fused-ring (bicyclic) bond motifs is 3. The van der Waals surface area contributed by atoms with Crippen LogP contribution in [0.2, 0.25) is 5.02 Å². The molecule has 3 heterocycles. The van der Waals surface area contributed by atoms with Crippen molar-refractivity contribution in [3.63, 3.8) is 0 Å². The minimum atomic E-state index is 0.140. The number of aliphatic hydroxyl groups excluding tert-OH is 1. The van der Waals surface area contributed by atoms with Crippen LogP contribution < -0.4 is 20.7 Å². The number of thiophene rings is 1. The number of aromatic nitrogens is 3. The summed E-state index contributed by atoms with van der Waals surface area (Å²) in [6.45, 7) is 2.63. The van der Waals surface area contributed by atoms with Crippen LogP contribution in [0, 0.1) is 0 Å². The molecule has 2 aromatic carbocycles. The zero-order valence-corrected chi connectivity index (χ0v) is 20.9. The molecule has 0 saturated carbocycles. The molecule has 0 unspecified atom stereocenters. The van der Waals surface area contributed by atoms with Gasteiger partial charge in [0.25, 0.3) is 0 Å². The fourth-order valence-electron chi connectivity index (χ4n) is 3.78. The van der Waals surface area contributed by atoms with E-state index in [-0.39, 0.29) is 6.61 Å². The molecule has 0 bridgehead atoms. The van der Waals surface area contributed by atoms with Crippen LogP contribution in [0.5, 0.6) is 5.75 Å². The number of ether oxygens (including phenoxy) is 1. The number of benzene rings is 2. The molecule has 4 N–H and O–H groups in total. The van der Waals surface area contributed by atoms with Crippen LogP contribution in [0.15, 0.2) is 67.1 Å². The van der Waals surface area contributed by atoms with E-state index in [1.54, 1.807) is 23.9 Å². The Morgan fingerprint density at radius 3 is 2.69 bits per heavy atom. The normalized spacial score (nSPS) is 11.2. The van der Waals surface area contributed by atoms with E-state index in [1.165, 1.54) is 0 Å². The average Bonchev–Trinajstić information content (AvgIpc) is 3.27. The van der Waals surface area contributed by atoms with Crippen LogP contribution in [0.25, 0.3) is 20.3 Å². The van der Waals surface area contributed by atoms with Crippen molar-refractivity contribution < 1.29 is 9.84 Å². The number of aliphatic hydroxyl groups is 1. The summed E-state index contributed by atoms with van der Waals surface area (Å²) in [5.41, 5.74) is 2.67. The maximum Gasteiger partial charge on any atom is 0.143 e. The molecule has 0 spiro atoms. The van der Waals surface area contributed by atoms with Gasteiger partial charge < -0.3 is 25.8 Å². The number of halogens is 1. The minimum Gasteiger partial charge on any atom is -0.486 e. The first-order valence-electron chi connectivity index (χ1n) is 11.5. The second-order valence-electron chi connectivity index (χ2n) is 8.00. The van der Waals surface area contributed by atoms with Crippen LogP contribution in [-0.4, -0.2) is 46.3 Å². The van der Waals surface area contributed by atoms with Crippen LogP contribution in [0.3, 0.4) is 0 Å². The molecule has 0 saturated heterocycles. The molecule has 10 heteroatoms. The number of nitrogens with zero attached hydrogens (tertiary/aromatic N) is 3. The Bertz CT molecular complexity index is 1460. The van der Waals surface area contributed by atoms with Gasteiger partial charge in [0.1, 0.15) is 29.3 Å². The molecule has 0 atom stereocenters. The Hall–Kier alpha value is -3.50. The largest absolute Gasteiger partial charge is 0.486 e. The van der Waals surface area contributed by atoms with Crippen LogP contribution >= 0.6 is 22.9 Å². The molecule has 0 aliphatic carbocycles. The van der Waals surface area contributed by atoms with Crippen LogP contribution in [0.4, 0.5) is 17.2 Å². The van der Waals surface area contributed by atoms with Crippen molar-refractivity contribution in [1.29, 1.82) is 0 Å². The molecular formula is C26H25ClN6O2S. The third kappa shape index (κ3) is 5.66. The van der Waals surface area contributed by atoms with Gasteiger partial charge in [0, 0.05) is 47.3 Å². The number of anilines is 3. The summed E-state index contributed by atoms with van der Waals surface area (Å²) in [5, 5.41) is 21.4. The highest BCUT2D eigenvalue weighted by atomic mass is 35.5. The molecule has 5 rings (SSSR count). The highest BCUT2D eigenvalue weighted by Gasteiger charge is 2.13. The zero-order valence-electron chi connectivity index (χ0n) is 19.4. The van der Waals surface area contributed by atoms with Gasteiger partial charge in [-0.25, -0.2) is 9.97 Å². The van der Waals surface area contributed by atoms with Gasteiger partial charge in [-0.1, -0.05) is 23.7 Å². The second-order valence-corrected chi connectivity index (χ2v) is 9.43. The molecule has 0 amide bonds. The van der Waals surface area contributed by atoms with Gasteiger partial charge in [-0.05, 0) is 42.5 Å². The smallest absolute Gasteiger partial charge is 0.143 e. The Kier molecular flexibility index (Phi) is 7.73. The van der Waals surface area contributed by atoms with E-state index in [9.17, 15) is 0 Å². The summed E-state index contributed by atoms with van der Waals surface area (Å²) in [6.07, 6.45) is 3.30. The summed E-state index contributed by atoms with van der Waals surface area (Å²) in [4.78, 5) is 14.2. The maximum absolute atomic E-state index is 8.86. The van der Waals surface area contributed by atoms with E-state index in [0.29, 0.717) is 23.9 Å². The fourth-order valence-corrected chi connectivity index (χ4v) is 5.10. The van der Waals surface area contributed by atoms with Crippen molar-refractivity contribution in [1.82, 2.24) is 20.3 Å². The molecule has 8 nitrogen and oxygen atoms in total. The predicted molar refractivity (Wildman–Crippen MR) is 147 cm³/mol. The number of rotatable bonds is 11. The number of pyridine rings is 1. The summed E-state index contributed by atoms with van der Waals surface area (Å²) < 4.78 is 6.96. The van der Waals surface area contributed by atoms with E-state index < -0.39 is 0 Å². The Balaban J connectivity index is 1.32. The van der Waals surface area contributed by atoms with E-state index >= 15 is 0 Å². The summed E-state index contributed by atoms with van der Waals surface area (Å²) in [7, 11) is 0. The van der Waals surface area contributed by atoms with Gasteiger partial charge in [0.15, 0.2) is 0 Å². The first-order valence-corrected chi connectivity index (χ1v) is 12.7. The van der Waals surface area contributed by atoms with Gasteiger partial charge >= 0.3 is 0 Å². The molecule has 0 aliphatic rings. The van der Waals surface area contributed by atoms with Gasteiger partial charge in [-0.15, -0.1) is 11.3 Å². The highest BCUT2D eigenvalue weighted by Crippen LogP contribution is 2.38. The van der Waals surface area contributed by atoms with Crippen LogP contribution in [0.1, 0.15) is 5.69 Å². The standard InChI is InChI=1S/C26H25ClN6O2S/c27-21-13-18(5-7-22(21)35-15-19-3-1-2-8-29-19)33-25-24-20-6-4-17(30-10-9-28-11-12-34)14-23(20)36-26(24)32-16-31-25/h1-8,13-14,16,28,30,34H,9-12,15H2,(H,31,32,33). The zero-order chi connectivity index (χ0) is 24.7. The lowest BCUT2D eigenvalue weighted by Gasteiger charge is -2.11. The van der Waals surface area contributed by atoms with E-state index in [2.05, 4.69) is 49.1 Å². The molecule has 0 fully saturated rings. The fraction of sp³-hybridized carbons (Fsp3) is 0.192. The Morgan fingerprint density at radius 2 is 1.86 bits per heavy atom. The number of hydrogen-bond donors (Lipinski definition) is 4. The van der Waals surface area contributed by atoms with Crippen molar-refractivity contribution in [2.75, 3.05) is 36.9 Å². The summed E-state index contributed by atoms with van der Waals surface area (Å²) in [6, 6.07) is 17.5. The lowest BCUT2D eigenvalue weighted by atomic mass is 10.2. The third-order valence-electron chi connectivity index (χ3n) is 5.49. The SMILES string of the molecule is OCCNCCNc1ccc2c(c1)sc1ncnc(Nc3ccc(OCc4ccccn4)c(Cl)c3)c12. The van der Waals surface area contributed by atoms with Gasteiger partial charge in [-0.2, -0.15) is 0 Å². The topological polar surface area (TPSA) is 104 Å². The maximum atomic E-state index is 8.86. The van der Waals surface area contributed by atoms with E-state index in [0.717, 1.165) is 56.3 Å².